The first-order chi connectivity index (χ1) is 14.7. The van der Waals surface area contributed by atoms with Crippen molar-refractivity contribution in [3.63, 3.8) is 0 Å². The molecule has 164 valence electrons. The lowest BCUT2D eigenvalue weighted by molar-refractivity contribution is -0.143. The quantitative estimate of drug-likeness (QED) is 0.682. The maximum Gasteiger partial charge on any atom is 0.433 e. The van der Waals surface area contributed by atoms with E-state index < -0.39 is 17.8 Å². The molecule has 0 spiro atoms. The van der Waals surface area contributed by atoms with Crippen LogP contribution in [0.1, 0.15) is 28.5 Å². The fourth-order valence-electron chi connectivity index (χ4n) is 3.78. The van der Waals surface area contributed by atoms with Gasteiger partial charge < -0.3 is 15.0 Å². The molecule has 0 unspecified atom stereocenters. The minimum atomic E-state index is -4.70. The highest BCUT2D eigenvalue weighted by Gasteiger charge is 2.39. The second-order valence-electron chi connectivity index (χ2n) is 7.37. The molecule has 31 heavy (non-hydrogen) atoms. The highest BCUT2D eigenvalue weighted by molar-refractivity contribution is 6.00. The summed E-state index contributed by atoms with van der Waals surface area (Å²) in [5, 5.41) is 7.07. The number of alkyl halides is 3. The second-order valence-corrected chi connectivity index (χ2v) is 7.37. The van der Waals surface area contributed by atoms with Crippen LogP contribution in [0.25, 0.3) is 16.9 Å². The number of amides is 1. The number of nitrogens with zero attached hydrogens (tertiary/aromatic N) is 5. The number of fused-ring (bicyclic) bond motifs is 1. The molecule has 1 aliphatic heterocycles. The van der Waals surface area contributed by atoms with E-state index in [4.69, 9.17) is 4.74 Å². The first kappa shape index (κ1) is 21.0. The van der Waals surface area contributed by atoms with Crippen LogP contribution >= 0.6 is 0 Å². The van der Waals surface area contributed by atoms with E-state index in [1.165, 1.54) is 20.2 Å². The summed E-state index contributed by atoms with van der Waals surface area (Å²) in [7, 11) is 1.45. The molecule has 4 rings (SSSR count). The van der Waals surface area contributed by atoms with E-state index in [-0.39, 0.29) is 28.5 Å². The molecule has 1 fully saturated rings. The van der Waals surface area contributed by atoms with Gasteiger partial charge in [-0.2, -0.15) is 18.3 Å². The van der Waals surface area contributed by atoms with Crippen molar-refractivity contribution in [2.75, 3.05) is 26.7 Å². The van der Waals surface area contributed by atoms with Crippen LogP contribution in [0.5, 0.6) is 5.88 Å². The van der Waals surface area contributed by atoms with E-state index in [0.29, 0.717) is 35.6 Å². The molecule has 3 aromatic heterocycles. The molecule has 0 saturated carbocycles. The summed E-state index contributed by atoms with van der Waals surface area (Å²) in [4.78, 5) is 23.3. The Morgan fingerprint density at radius 3 is 2.68 bits per heavy atom. The Bertz CT molecular complexity index is 1130. The summed E-state index contributed by atoms with van der Waals surface area (Å²) in [5.41, 5.74) is -0.735. The van der Waals surface area contributed by atoms with E-state index in [9.17, 15) is 18.0 Å². The summed E-state index contributed by atoms with van der Waals surface area (Å²) in [6.45, 7) is 4.87. The van der Waals surface area contributed by atoms with Crippen LogP contribution in [0.3, 0.4) is 0 Å². The molecule has 3 aromatic rings. The van der Waals surface area contributed by atoms with Crippen molar-refractivity contribution in [3.8, 4) is 17.1 Å². The Morgan fingerprint density at radius 1 is 1.29 bits per heavy atom. The first-order valence-corrected chi connectivity index (χ1v) is 9.70. The van der Waals surface area contributed by atoms with E-state index in [1.54, 1.807) is 17.0 Å². The lowest BCUT2D eigenvalue weighted by Crippen LogP contribution is -2.52. The van der Waals surface area contributed by atoms with Gasteiger partial charge in [-0.15, -0.1) is 0 Å². The molecular weight excluding hydrogens is 413 g/mol. The van der Waals surface area contributed by atoms with Gasteiger partial charge in [-0.1, -0.05) is 0 Å². The zero-order valence-corrected chi connectivity index (χ0v) is 17.2. The van der Waals surface area contributed by atoms with Crippen LogP contribution in [-0.4, -0.2) is 63.2 Å². The number of halogens is 3. The van der Waals surface area contributed by atoms with Crippen LogP contribution < -0.4 is 10.1 Å². The number of pyridine rings is 1. The molecule has 1 saturated heterocycles. The third kappa shape index (κ3) is 3.69. The third-order valence-electron chi connectivity index (χ3n) is 5.36. The van der Waals surface area contributed by atoms with Gasteiger partial charge >= 0.3 is 6.18 Å². The molecular formula is C20H21F3N6O2. The lowest BCUT2D eigenvalue weighted by Gasteiger charge is -2.33. The summed E-state index contributed by atoms with van der Waals surface area (Å²) < 4.78 is 47.7. The van der Waals surface area contributed by atoms with Gasteiger partial charge in [-0.05, 0) is 19.9 Å². The van der Waals surface area contributed by atoms with E-state index in [2.05, 4.69) is 20.4 Å². The van der Waals surface area contributed by atoms with Crippen LogP contribution in [0, 0.1) is 6.92 Å². The van der Waals surface area contributed by atoms with Crippen LogP contribution in [0.2, 0.25) is 0 Å². The minimum absolute atomic E-state index is 0.0296. The number of methoxy groups -OCH3 is 1. The van der Waals surface area contributed by atoms with E-state index in [0.717, 1.165) is 6.20 Å². The normalized spacial score (nSPS) is 17.2. The van der Waals surface area contributed by atoms with E-state index in [1.807, 2.05) is 6.92 Å². The maximum atomic E-state index is 14.0. The van der Waals surface area contributed by atoms with Gasteiger partial charge in [-0.25, -0.2) is 14.5 Å². The lowest BCUT2D eigenvalue weighted by atomic mass is 10.1. The fourth-order valence-corrected chi connectivity index (χ4v) is 3.78. The number of rotatable bonds is 3. The Kier molecular flexibility index (Phi) is 5.29. The first-order valence-electron chi connectivity index (χ1n) is 9.70. The van der Waals surface area contributed by atoms with Crippen LogP contribution in [0.4, 0.5) is 13.2 Å². The molecule has 11 heteroatoms. The van der Waals surface area contributed by atoms with Gasteiger partial charge in [0.1, 0.15) is 5.56 Å². The van der Waals surface area contributed by atoms with Crippen LogP contribution in [-0.2, 0) is 6.18 Å². The standard InChI is InChI=1S/C20H21F3N6O2/c1-11-8-24-6-7-28(11)19(30)14-10-26-29-17(20(21,22)23)12(2)16(27-18(14)29)13-4-5-15(31-3)25-9-13/h4-5,9-11,24H,6-8H2,1-3H3/t11-/m1/s1. The number of carbonyl (C=O) groups excluding carboxylic acids is 1. The largest absolute Gasteiger partial charge is 0.481 e. The fraction of sp³-hybridized carbons (Fsp3) is 0.400. The van der Waals surface area contributed by atoms with Crippen molar-refractivity contribution in [1.82, 2.24) is 29.8 Å². The van der Waals surface area contributed by atoms with Crippen molar-refractivity contribution >= 4 is 11.6 Å². The SMILES string of the molecule is COc1ccc(-c2nc3c(C(=O)N4CCNC[C@H]4C)cnn3c(C(F)(F)F)c2C)cn1. The number of ether oxygens (including phenoxy) is 1. The monoisotopic (exact) mass is 434 g/mol. The Morgan fingerprint density at radius 2 is 2.06 bits per heavy atom. The van der Waals surface area contributed by atoms with Crippen molar-refractivity contribution in [2.24, 2.45) is 0 Å². The molecule has 0 aromatic carbocycles. The second kappa shape index (κ2) is 7.80. The molecule has 0 bridgehead atoms. The van der Waals surface area contributed by atoms with Gasteiger partial charge in [0.25, 0.3) is 5.91 Å². The average molecular weight is 434 g/mol. The van der Waals surface area contributed by atoms with Gasteiger partial charge in [-0.3, -0.25) is 4.79 Å². The number of piperazine rings is 1. The molecule has 0 aliphatic carbocycles. The number of carbonyl (C=O) groups is 1. The zero-order valence-electron chi connectivity index (χ0n) is 17.2. The van der Waals surface area contributed by atoms with Gasteiger partial charge in [0.15, 0.2) is 11.3 Å². The topological polar surface area (TPSA) is 84.6 Å². The third-order valence-corrected chi connectivity index (χ3v) is 5.36. The minimum Gasteiger partial charge on any atom is -0.481 e. The number of hydrogen-bond donors (Lipinski definition) is 1. The smallest absolute Gasteiger partial charge is 0.433 e. The summed E-state index contributed by atoms with van der Waals surface area (Å²) in [5.74, 6) is -0.0706. The van der Waals surface area contributed by atoms with Crippen molar-refractivity contribution < 1.29 is 22.7 Å². The number of hydrogen-bond acceptors (Lipinski definition) is 6. The molecule has 1 amide bonds. The number of aromatic nitrogens is 4. The summed E-state index contributed by atoms with van der Waals surface area (Å²) >= 11 is 0. The Labute approximate surface area is 176 Å². The van der Waals surface area contributed by atoms with Crippen molar-refractivity contribution in [3.05, 3.63) is 41.3 Å². The van der Waals surface area contributed by atoms with Crippen molar-refractivity contribution in [1.29, 1.82) is 0 Å². The molecule has 0 radical (unpaired) electrons. The summed E-state index contributed by atoms with van der Waals surface area (Å²) in [6, 6.07) is 3.02. The molecule has 4 heterocycles. The maximum absolute atomic E-state index is 14.0. The molecule has 1 aliphatic rings. The van der Waals surface area contributed by atoms with Crippen LogP contribution in [0.15, 0.2) is 24.5 Å². The Balaban J connectivity index is 1.91. The summed E-state index contributed by atoms with van der Waals surface area (Å²) in [6.07, 6.45) is -2.15. The Hall–Kier alpha value is -3.21. The highest BCUT2D eigenvalue weighted by Crippen LogP contribution is 2.36. The average Bonchev–Trinajstić information content (AvgIpc) is 3.15. The van der Waals surface area contributed by atoms with Gasteiger partial charge in [0, 0.05) is 49.1 Å². The number of nitrogens with one attached hydrogen (secondary N) is 1. The zero-order chi connectivity index (χ0) is 22.3. The predicted molar refractivity (Wildman–Crippen MR) is 106 cm³/mol. The van der Waals surface area contributed by atoms with Gasteiger partial charge in [0.2, 0.25) is 5.88 Å². The van der Waals surface area contributed by atoms with E-state index >= 15 is 0 Å². The predicted octanol–water partition coefficient (Wildman–Crippen LogP) is 2.56. The molecule has 1 N–H and O–H groups in total. The van der Waals surface area contributed by atoms with Crippen molar-refractivity contribution in [2.45, 2.75) is 26.1 Å². The molecule has 1 atom stereocenters. The van der Waals surface area contributed by atoms with Gasteiger partial charge in [0.05, 0.1) is 19.0 Å². The highest BCUT2D eigenvalue weighted by atomic mass is 19.4. The molecule has 8 nitrogen and oxygen atoms in total.